The largest absolute Gasteiger partial charge is 0.309 e. The van der Waals surface area contributed by atoms with Crippen LogP contribution in [0.5, 0.6) is 0 Å². The van der Waals surface area contributed by atoms with Crippen molar-refractivity contribution in [2.45, 2.75) is 0 Å². The fourth-order valence-electron chi connectivity index (χ4n) is 19.0. The summed E-state index contributed by atoms with van der Waals surface area (Å²) in [5.41, 5.74) is 30.0. The van der Waals surface area contributed by atoms with E-state index in [0.717, 1.165) is 198 Å². The minimum Gasteiger partial charge on any atom is -0.309 e. The van der Waals surface area contributed by atoms with Crippen LogP contribution in [0.4, 0.5) is 5.69 Å². The number of nitrogens with zero attached hydrogens (tertiary/aromatic N) is 12. The van der Waals surface area contributed by atoms with E-state index in [1.165, 1.54) is 0 Å². The second kappa shape index (κ2) is 30.5. The molecule has 0 bridgehead atoms. The maximum absolute atomic E-state index is 9.61. The monoisotopic (exact) mass is 1600 g/mol. The molecule has 0 unspecified atom stereocenters. The first-order chi connectivity index (χ1) is 62.2. The van der Waals surface area contributed by atoms with Gasteiger partial charge in [0, 0.05) is 93.0 Å². The number of nitriles is 5. The molecule has 12 heteroatoms. The zero-order chi connectivity index (χ0) is 84.6. The summed E-state index contributed by atoms with van der Waals surface area (Å²) >= 11 is 0. The van der Waals surface area contributed by atoms with Gasteiger partial charge in [-0.05, 0) is 216 Å². The van der Waals surface area contributed by atoms with Crippen molar-refractivity contribution in [2.24, 2.45) is 0 Å². The average Bonchev–Trinajstić information content (AvgIpc) is 1.72. The maximum atomic E-state index is 9.61. The molecule has 0 atom stereocenters. The predicted molar refractivity (Wildman–Crippen MR) is 512 cm³/mol. The summed E-state index contributed by atoms with van der Waals surface area (Å²) < 4.78 is 13.7. The smallest absolute Gasteiger partial charge is 0.188 e. The number of hydrogen-bond acceptors (Lipinski definition) is 5. The fourth-order valence-corrected chi connectivity index (χ4v) is 19.0. The van der Waals surface area contributed by atoms with Crippen molar-refractivity contribution >= 4 is 137 Å². The summed E-state index contributed by atoms with van der Waals surface area (Å²) in [6.45, 7) is 7.57. The SMILES string of the molecule is N#Cc1ccc2c(c1)c1ccccc1n2-c1ccc(-c2ccccc2-n2c3ccccc3c3cc(C#N)ccc32)cc1.N#Cc1ccc2c(c1)c1ccccc1n2-c1cccc(-c2cccc(-n3c4ccccc4c4cc(C#N)ccc43)c2)c1.[C-]#[N+]c1ccc2c(c1)c1ccccc1n2-c1ccccc1-c1ccccc1-n1c2ccccc2c2cc(C#N)ccc21. The third-order valence-corrected chi connectivity index (χ3v) is 24.5. The molecule has 0 radical (unpaired) electrons. The third-order valence-electron chi connectivity index (χ3n) is 24.5. The van der Waals surface area contributed by atoms with Crippen molar-refractivity contribution in [3.63, 3.8) is 0 Å². The molecule has 582 valence electrons. The Balaban J connectivity index is 0.000000112. The molecule has 0 spiro atoms. The summed E-state index contributed by atoms with van der Waals surface area (Å²) in [7, 11) is 0. The van der Waals surface area contributed by atoms with E-state index in [9.17, 15) is 26.3 Å². The van der Waals surface area contributed by atoms with E-state index >= 15 is 0 Å². The second-order valence-corrected chi connectivity index (χ2v) is 31.3. The Morgan fingerprint density at radius 3 is 0.762 bits per heavy atom. The van der Waals surface area contributed by atoms with E-state index in [1.807, 2.05) is 127 Å². The molecule has 24 rings (SSSR count). The molecule has 0 N–H and O–H groups in total. The van der Waals surface area contributed by atoms with Crippen molar-refractivity contribution < 1.29 is 0 Å². The van der Waals surface area contributed by atoms with Gasteiger partial charge in [-0.1, -0.05) is 206 Å². The van der Waals surface area contributed by atoms with Crippen LogP contribution in [0.2, 0.25) is 0 Å². The van der Waals surface area contributed by atoms with E-state index in [0.29, 0.717) is 33.5 Å². The van der Waals surface area contributed by atoms with Gasteiger partial charge in [-0.15, -0.1) is 0 Å². The van der Waals surface area contributed by atoms with Crippen LogP contribution in [0.3, 0.4) is 0 Å². The van der Waals surface area contributed by atoms with Crippen LogP contribution in [0, 0.1) is 63.2 Å². The Bertz CT molecular complexity index is 8610. The first kappa shape index (κ1) is 74.0. The van der Waals surface area contributed by atoms with Crippen molar-refractivity contribution in [1.29, 1.82) is 26.3 Å². The topological polar surface area (TPSA) is 153 Å². The number of aromatic nitrogens is 6. The quantitative estimate of drug-likeness (QED) is 0.132. The molecule has 6 heterocycles. The van der Waals surface area contributed by atoms with Gasteiger partial charge in [-0.3, -0.25) is 0 Å². The van der Waals surface area contributed by atoms with Gasteiger partial charge in [0.25, 0.3) is 0 Å². The number of para-hydroxylation sites is 9. The molecule has 0 saturated carbocycles. The zero-order valence-corrected chi connectivity index (χ0v) is 67.5. The van der Waals surface area contributed by atoms with Crippen molar-refractivity contribution in [3.05, 3.63) is 440 Å². The van der Waals surface area contributed by atoms with Crippen molar-refractivity contribution in [1.82, 2.24) is 27.4 Å². The van der Waals surface area contributed by atoms with Crippen molar-refractivity contribution in [2.75, 3.05) is 0 Å². The van der Waals surface area contributed by atoms with Crippen LogP contribution < -0.4 is 0 Å². The lowest BCUT2D eigenvalue weighted by molar-refractivity contribution is 1.16. The van der Waals surface area contributed by atoms with Gasteiger partial charge in [-0.2, -0.15) is 26.3 Å². The Kier molecular flexibility index (Phi) is 17.9. The van der Waals surface area contributed by atoms with Crippen LogP contribution >= 0.6 is 0 Å². The standard InChI is InChI=1S/3C38H22N4/c1-40-26-19-21-38-32(23-26)30-13-5-9-17-36(30)42(38)34-15-7-3-11-28(34)27-10-2-6-14-33(27)41-35-16-8-4-12-29(35)31-22-25(24-39)18-20-37(31)41;39-23-25-13-19-37-32(21-25)30-8-2-5-11-35(30)41(37)28-17-15-27(16-18-28)29-7-1-4-10-34(29)42-36-12-6-3-9-31(36)33-22-26(24-40)14-20-38(33)42;39-23-25-15-17-37-33(19-25)31-11-1-3-13-35(31)41(37)29-9-5-7-27(21-29)28-8-6-10-30(22-28)42-36-14-4-2-12-32(36)34-20-26(24-40)16-18-38(34)42/h2-23H;2*1-22H. The highest BCUT2D eigenvalue weighted by molar-refractivity contribution is 6.16. The summed E-state index contributed by atoms with van der Waals surface area (Å²) in [6.07, 6.45) is 0. The van der Waals surface area contributed by atoms with E-state index in [-0.39, 0.29) is 0 Å². The lowest BCUT2D eigenvalue weighted by Gasteiger charge is -2.18. The Morgan fingerprint density at radius 2 is 0.437 bits per heavy atom. The van der Waals surface area contributed by atoms with E-state index < -0.39 is 0 Å². The van der Waals surface area contributed by atoms with Crippen LogP contribution in [0.1, 0.15) is 27.8 Å². The molecular formula is C114H66N12. The number of hydrogen-bond donors (Lipinski definition) is 0. The van der Waals surface area contributed by atoms with Crippen LogP contribution in [0.25, 0.3) is 203 Å². The van der Waals surface area contributed by atoms with Crippen molar-refractivity contribution in [3.8, 4) is 97.9 Å². The molecule has 24 aromatic rings. The molecule has 126 heavy (non-hydrogen) atoms. The maximum Gasteiger partial charge on any atom is 0.188 e. The normalized spacial score (nSPS) is 11.3. The molecule has 12 nitrogen and oxygen atoms in total. The average molecular weight is 1600 g/mol. The van der Waals surface area contributed by atoms with Gasteiger partial charge in [0.1, 0.15) is 0 Å². The molecule has 18 aromatic carbocycles. The lowest BCUT2D eigenvalue weighted by Crippen LogP contribution is -2.01. The Hall–Kier alpha value is -18.3. The predicted octanol–water partition coefficient (Wildman–Crippen LogP) is 28.6. The van der Waals surface area contributed by atoms with Crippen LogP contribution in [-0.2, 0) is 0 Å². The first-order valence-electron chi connectivity index (χ1n) is 41.4. The molecule has 0 aliphatic heterocycles. The van der Waals surface area contributed by atoms with Gasteiger partial charge >= 0.3 is 0 Å². The van der Waals surface area contributed by atoms with Gasteiger partial charge in [0.2, 0.25) is 0 Å². The number of rotatable bonds is 9. The van der Waals surface area contributed by atoms with Gasteiger partial charge < -0.3 is 27.4 Å². The number of benzene rings is 18. The minimum absolute atomic E-state index is 0.634. The van der Waals surface area contributed by atoms with E-state index in [1.54, 1.807) is 0 Å². The zero-order valence-electron chi connectivity index (χ0n) is 67.5. The molecule has 0 amide bonds. The summed E-state index contributed by atoms with van der Waals surface area (Å²) in [5, 5.41) is 60.8. The first-order valence-corrected chi connectivity index (χ1v) is 41.4. The third kappa shape index (κ3) is 12.2. The van der Waals surface area contributed by atoms with Crippen LogP contribution in [-0.4, -0.2) is 27.4 Å². The van der Waals surface area contributed by atoms with Crippen LogP contribution in [0.15, 0.2) is 400 Å². The summed E-state index contributed by atoms with van der Waals surface area (Å²) in [4.78, 5) is 3.70. The number of fused-ring (bicyclic) bond motifs is 18. The molecule has 0 aliphatic carbocycles. The molecular weight excluding hydrogens is 1540 g/mol. The Labute approximate surface area is 723 Å². The highest BCUT2D eigenvalue weighted by atomic mass is 15.0. The minimum atomic E-state index is 0.634. The Morgan fingerprint density at radius 1 is 0.183 bits per heavy atom. The molecule has 0 fully saturated rings. The molecule has 0 saturated heterocycles. The lowest BCUT2D eigenvalue weighted by atomic mass is 10.0. The molecule has 0 aliphatic rings. The highest BCUT2D eigenvalue weighted by Crippen LogP contribution is 2.45. The van der Waals surface area contributed by atoms with Gasteiger partial charge in [-0.25, -0.2) is 4.85 Å². The molecule has 6 aromatic heterocycles. The summed E-state index contributed by atoms with van der Waals surface area (Å²) in [6, 6.07) is 149. The second-order valence-electron chi connectivity index (χ2n) is 31.3. The fraction of sp³-hybridized carbons (Fsp3) is 0. The van der Waals surface area contributed by atoms with Gasteiger partial charge in [0.05, 0.1) is 148 Å². The van der Waals surface area contributed by atoms with E-state index in [2.05, 4.69) is 336 Å². The summed E-state index contributed by atoms with van der Waals surface area (Å²) in [5.74, 6) is 0. The van der Waals surface area contributed by atoms with E-state index in [4.69, 9.17) is 6.57 Å². The van der Waals surface area contributed by atoms with Gasteiger partial charge in [0.15, 0.2) is 5.69 Å². The highest BCUT2D eigenvalue weighted by Gasteiger charge is 2.24.